The fourth-order valence-corrected chi connectivity index (χ4v) is 2.01. The molecule has 0 bridgehead atoms. The van der Waals surface area contributed by atoms with Crippen LogP contribution in [0, 0.1) is 0 Å². The summed E-state index contributed by atoms with van der Waals surface area (Å²) in [6.45, 7) is 8.13. The first-order valence-electron chi connectivity index (χ1n) is 8.36. The second-order valence-corrected chi connectivity index (χ2v) is 5.31. The largest absolute Gasteiger partial charge is 0.464 e. The van der Waals surface area contributed by atoms with E-state index >= 15 is 0 Å². The van der Waals surface area contributed by atoms with Crippen molar-refractivity contribution in [2.45, 2.75) is 71.3 Å². The fourth-order valence-electron chi connectivity index (χ4n) is 2.01. The molecule has 0 aliphatic heterocycles. The molecule has 1 unspecified atom stereocenters. The summed E-state index contributed by atoms with van der Waals surface area (Å²) < 4.78 is 10.1. The second kappa shape index (κ2) is 14.4. The Hall–Kier alpha value is -1.52. The van der Waals surface area contributed by atoms with Gasteiger partial charge < -0.3 is 14.8 Å². The molecule has 5 heteroatoms. The number of alkyl carbamates (subject to hydrolysis) is 1. The summed E-state index contributed by atoms with van der Waals surface area (Å²) in [7, 11) is 0. The second-order valence-electron chi connectivity index (χ2n) is 5.31. The highest BCUT2D eigenvalue weighted by molar-refractivity contribution is 5.81. The van der Waals surface area contributed by atoms with Crippen molar-refractivity contribution in [3.8, 4) is 0 Å². The summed E-state index contributed by atoms with van der Waals surface area (Å²) in [5.41, 5.74) is 0. The Labute approximate surface area is 134 Å². The average Bonchev–Trinajstić information content (AvgIpc) is 2.51. The van der Waals surface area contributed by atoms with Gasteiger partial charge in [-0.05, 0) is 12.8 Å². The maximum Gasteiger partial charge on any atom is 0.408 e. The van der Waals surface area contributed by atoms with Crippen LogP contribution in [0.25, 0.3) is 0 Å². The molecule has 0 aromatic heterocycles. The lowest BCUT2D eigenvalue weighted by Crippen LogP contribution is -2.42. The van der Waals surface area contributed by atoms with Crippen LogP contribution in [-0.4, -0.2) is 31.3 Å². The van der Waals surface area contributed by atoms with Gasteiger partial charge in [0.05, 0.1) is 6.61 Å². The minimum atomic E-state index is -0.637. The van der Waals surface area contributed by atoms with Gasteiger partial charge in [0.15, 0.2) is 0 Å². The first kappa shape index (κ1) is 20.5. The minimum absolute atomic E-state index is 0.123. The van der Waals surface area contributed by atoms with E-state index in [0.29, 0.717) is 13.0 Å². The first-order chi connectivity index (χ1) is 10.7. The Morgan fingerprint density at radius 1 is 1.05 bits per heavy atom. The molecule has 0 aromatic rings. The molecule has 1 amide bonds. The zero-order valence-electron chi connectivity index (χ0n) is 14.1. The van der Waals surface area contributed by atoms with Crippen molar-refractivity contribution in [1.82, 2.24) is 5.32 Å². The summed E-state index contributed by atoms with van der Waals surface area (Å²) >= 11 is 0. The van der Waals surface area contributed by atoms with Crippen LogP contribution in [0.15, 0.2) is 12.7 Å². The third kappa shape index (κ3) is 11.2. The van der Waals surface area contributed by atoms with Gasteiger partial charge in [-0.3, -0.25) is 0 Å². The number of rotatable bonds is 13. The van der Waals surface area contributed by atoms with Gasteiger partial charge in [0.2, 0.25) is 0 Å². The third-order valence-corrected chi connectivity index (χ3v) is 3.23. The molecule has 1 N–H and O–H groups in total. The highest BCUT2D eigenvalue weighted by Gasteiger charge is 2.21. The Balaban J connectivity index is 3.93. The van der Waals surface area contributed by atoms with E-state index in [-0.39, 0.29) is 12.6 Å². The molecule has 0 saturated heterocycles. The number of nitrogens with one attached hydrogen (secondary N) is 1. The van der Waals surface area contributed by atoms with Gasteiger partial charge in [0.25, 0.3) is 0 Å². The van der Waals surface area contributed by atoms with Crippen molar-refractivity contribution in [2.24, 2.45) is 0 Å². The molecule has 0 aliphatic rings. The van der Waals surface area contributed by atoms with Crippen molar-refractivity contribution in [2.75, 3.05) is 13.2 Å². The van der Waals surface area contributed by atoms with E-state index in [1.807, 2.05) is 6.92 Å². The van der Waals surface area contributed by atoms with Crippen LogP contribution >= 0.6 is 0 Å². The summed E-state index contributed by atoms with van der Waals surface area (Å²) in [5.74, 6) is -0.383. The lowest BCUT2D eigenvalue weighted by Gasteiger charge is -2.16. The van der Waals surface area contributed by atoms with Crippen LogP contribution in [0.4, 0.5) is 4.79 Å². The van der Waals surface area contributed by atoms with E-state index in [2.05, 4.69) is 18.8 Å². The van der Waals surface area contributed by atoms with E-state index in [0.717, 1.165) is 19.3 Å². The lowest BCUT2D eigenvalue weighted by molar-refractivity contribution is -0.146. The number of hydrogen-bond donors (Lipinski definition) is 1. The number of esters is 1. The highest BCUT2D eigenvalue weighted by Crippen LogP contribution is 2.06. The predicted octanol–water partition coefficient (Wildman–Crippen LogP) is 3.97. The van der Waals surface area contributed by atoms with Crippen LogP contribution in [0.3, 0.4) is 0 Å². The SMILES string of the molecule is C=CCOC(=O)NC(CCC)C(=O)OCCCCCCCC. The molecule has 0 heterocycles. The van der Waals surface area contributed by atoms with Crippen LogP contribution < -0.4 is 5.32 Å². The molecule has 128 valence electrons. The van der Waals surface area contributed by atoms with Crippen LogP contribution in [0.5, 0.6) is 0 Å². The number of ether oxygens (including phenoxy) is 2. The highest BCUT2D eigenvalue weighted by atomic mass is 16.6. The molecular weight excluding hydrogens is 282 g/mol. The molecule has 0 aliphatic carbocycles. The zero-order valence-corrected chi connectivity index (χ0v) is 14.1. The minimum Gasteiger partial charge on any atom is -0.464 e. The summed E-state index contributed by atoms with van der Waals surface area (Å²) in [6, 6.07) is -0.637. The summed E-state index contributed by atoms with van der Waals surface area (Å²) in [5, 5.41) is 2.54. The topological polar surface area (TPSA) is 64.6 Å². The van der Waals surface area contributed by atoms with Crippen molar-refractivity contribution in [3.63, 3.8) is 0 Å². The smallest absolute Gasteiger partial charge is 0.408 e. The first-order valence-corrected chi connectivity index (χ1v) is 8.36. The molecule has 0 rings (SSSR count). The van der Waals surface area contributed by atoms with Crippen molar-refractivity contribution < 1.29 is 19.1 Å². The Bertz CT molecular complexity index is 318. The third-order valence-electron chi connectivity index (χ3n) is 3.23. The maximum absolute atomic E-state index is 12.0. The molecule has 1 atom stereocenters. The van der Waals surface area contributed by atoms with E-state index in [4.69, 9.17) is 9.47 Å². The monoisotopic (exact) mass is 313 g/mol. The average molecular weight is 313 g/mol. The Morgan fingerprint density at radius 3 is 2.36 bits per heavy atom. The standard InChI is InChI=1S/C17H31NO4/c1-4-7-8-9-10-11-14-21-16(19)15(12-5-2)18-17(20)22-13-6-3/h6,15H,3-5,7-14H2,1-2H3,(H,18,20). The molecule has 0 saturated carbocycles. The van der Waals surface area contributed by atoms with Gasteiger partial charge in [-0.1, -0.05) is 65.0 Å². The number of amides is 1. The number of unbranched alkanes of at least 4 members (excludes halogenated alkanes) is 5. The molecular formula is C17H31NO4. The zero-order chi connectivity index (χ0) is 16.6. The van der Waals surface area contributed by atoms with Crippen molar-refractivity contribution >= 4 is 12.1 Å². The lowest BCUT2D eigenvalue weighted by atomic mass is 10.1. The van der Waals surface area contributed by atoms with Gasteiger partial charge in [0.1, 0.15) is 12.6 Å². The molecule has 0 radical (unpaired) electrons. The van der Waals surface area contributed by atoms with Crippen LogP contribution in [0.1, 0.15) is 65.2 Å². The van der Waals surface area contributed by atoms with Crippen molar-refractivity contribution in [3.05, 3.63) is 12.7 Å². The summed E-state index contributed by atoms with van der Waals surface area (Å²) in [6.07, 6.45) is 9.01. The number of carbonyl (C=O) groups excluding carboxylic acids is 2. The maximum atomic E-state index is 12.0. The molecule has 22 heavy (non-hydrogen) atoms. The van der Waals surface area contributed by atoms with Gasteiger partial charge in [-0.2, -0.15) is 0 Å². The number of hydrogen-bond acceptors (Lipinski definition) is 4. The molecule has 0 fully saturated rings. The Morgan fingerprint density at radius 2 is 1.73 bits per heavy atom. The predicted molar refractivity (Wildman–Crippen MR) is 87.7 cm³/mol. The van der Waals surface area contributed by atoms with Crippen LogP contribution in [-0.2, 0) is 14.3 Å². The van der Waals surface area contributed by atoms with Gasteiger partial charge in [-0.15, -0.1) is 0 Å². The van der Waals surface area contributed by atoms with E-state index in [9.17, 15) is 9.59 Å². The molecule has 0 spiro atoms. The van der Waals surface area contributed by atoms with E-state index < -0.39 is 12.1 Å². The molecule has 5 nitrogen and oxygen atoms in total. The fraction of sp³-hybridized carbons (Fsp3) is 0.765. The van der Waals surface area contributed by atoms with Crippen LogP contribution in [0.2, 0.25) is 0 Å². The van der Waals surface area contributed by atoms with E-state index in [1.165, 1.54) is 31.8 Å². The normalized spacial score (nSPS) is 11.5. The summed E-state index contributed by atoms with van der Waals surface area (Å²) in [4.78, 5) is 23.4. The van der Waals surface area contributed by atoms with E-state index in [1.54, 1.807) is 0 Å². The molecule has 0 aromatic carbocycles. The van der Waals surface area contributed by atoms with Crippen molar-refractivity contribution in [1.29, 1.82) is 0 Å². The Kier molecular flexibility index (Phi) is 13.4. The number of carbonyl (C=O) groups is 2. The quantitative estimate of drug-likeness (QED) is 0.317. The van der Waals surface area contributed by atoms with Gasteiger partial charge in [0, 0.05) is 0 Å². The van der Waals surface area contributed by atoms with Gasteiger partial charge in [-0.25, -0.2) is 9.59 Å². The van der Waals surface area contributed by atoms with Gasteiger partial charge >= 0.3 is 12.1 Å².